The SMILES string of the molecule is Fc1cccc2c1SCCC2Nc1cnc(Cl)c(Br)c1. The van der Waals surface area contributed by atoms with Gasteiger partial charge in [0.25, 0.3) is 0 Å². The van der Waals surface area contributed by atoms with E-state index in [0.717, 1.165) is 32.8 Å². The quantitative estimate of drug-likeness (QED) is 0.724. The van der Waals surface area contributed by atoms with Crippen molar-refractivity contribution in [3.63, 3.8) is 0 Å². The van der Waals surface area contributed by atoms with E-state index in [1.165, 1.54) is 6.07 Å². The number of hydrogen-bond donors (Lipinski definition) is 1. The highest BCUT2D eigenvalue weighted by molar-refractivity contribution is 9.10. The molecule has 1 aromatic heterocycles. The van der Waals surface area contributed by atoms with Gasteiger partial charge in [0.2, 0.25) is 0 Å². The van der Waals surface area contributed by atoms with Crippen molar-refractivity contribution in [1.82, 2.24) is 4.98 Å². The minimum absolute atomic E-state index is 0.0943. The number of halogens is 3. The van der Waals surface area contributed by atoms with Gasteiger partial charge in [-0.05, 0) is 40.0 Å². The summed E-state index contributed by atoms with van der Waals surface area (Å²) < 4.78 is 14.6. The van der Waals surface area contributed by atoms with Gasteiger partial charge in [-0.25, -0.2) is 9.37 Å². The Labute approximate surface area is 134 Å². The van der Waals surface area contributed by atoms with Crippen molar-refractivity contribution in [3.8, 4) is 0 Å². The summed E-state index contributed by atoms with van der Waals surface area (Å²) in [6.07, 6.45) is 2.63. The Morgan fingerprint density at radius 2 is 2.30 bits per heavy atom. The molecule has 0 bridgehead atoms. The minimum atomic E-state index is -0.144. The van der Waals surface area contributed by atoms with Gasteiger partial charge in [0, 0.05) is 10.6 Å². The van der Waals surface area contributed by atoms with Gasteiger partial charge in [-0.2, -0.15) is 0 Å². The first-order chi connectivity index (χ1) is 9.65. The van der Waals surface area contributed by atoms with Gasteiger partial charge in [-0.15, -0.1) is 11.8 Å². The predicted octanol–water partition coefficient (Wildman–Crippen LogP) is 5.29. The van der Waals surface area contributed by atoms with E-state index < -0.39 is 0 Å². The fourth-order valence-corrected chi connectivity index (χ4v) is 3.83. The van der Waals surface area contributed by atoms with Crippen LogP contribution in [-0.4, -0.2) is 10.7 Å². The number of rotatable bonds is 2. The van der Waals surface area contributed by atoms with Gasteiger partial charge >= 0.3 is 0 Å². The normalized spacial score (nSPS) is 17.6. The topological polar surface area (TPSA) is 24.9 Å². The van der Waals surface area contributed by atoms with Crippen LogP contribution in [-0.2, 0) is 0 Å². The second-order valence-electron chi connectivity index (χ2n) is 4.49. The van der Waals surface area contributed by atoms with E-state index in [0.29, 0.717) is 5.15 Å². The number of anilines is 1. The van der Waals surface area contributed by atoms with E-state index in [2.05, 4.69) is 26.2 Å². The number of aromatic nitrogens is 1. The van der Waals surface area contributed by atoms with Crippen LogP contribution in [0.3, 0.4) is 0 Å². The minimum Gasteiger partial charge on any atom is -0.377 e. The molecule has 1 unspecified atom stereocenters. The smallest absolute Gasteiger partial charge is 0.143 e. The summed E-state index contributed by atoms with van der Waals surface area (Å²) in [4.78, 5) is 4.84. The van der Waals surface area contributed by atoms with Gasteiger partial charge < -0.3 is 5.32 Å². The van der Waals surface area contributed by atoms with Crippen LogP contribution in [0.4, 0.5) is 10.1 Å². The summed E-state index contributed by atoms with van der Waals surface area (Å²) in [7, 11) is 0. The number of thioether (sulfide) groups is 1. The molecule has 0 spiro atoms. The molecular formula is C14H11BrClFN2S. The Bertz CT molecular complexity index is 653. The van der Waals surface area contributed by atoms with E-state index in [1.807, 2.05) is 12.1 Å². The summed E-state index contributed by atoms with van der Waals surface area (Å²) >= 11 is 10.8. The van der Waals surface area contributed by atoms with Crippen LogP contribution in [0.5, 0.6) is 0 Å². The van der Waals surface area contributed by atoms with Gasteiger partial charge in [0.1, 0.15) is 11.0 Å². The lowest BCUT2D eigenvalue weighted by Gasteiger charge is -2.27. The Kier molecular flexibility index (Phi) is 4.19. The molecule has 1 N–H and O–H groups in total. The molecule has 1 aliphatic rings. The zero-order valence-corrected chi connectivity index (χ0v) is 13.5. The van der Waals surface area contributed by atoms with E-state index >= 15 is 0 Å². The maximum atomic E-state index is 13.8. The first-order valence-corrected chi connectivity index (χ1v) is 8.29. The lowest BCUT2D eigenvalue weighted by Crippen LogP contribution is -2.17. The summed E-state index contributed by atoms with van der Waals surface area (Å²) in [5.41, 5.74) is 1.88. The molecule has 0 amide bonds. The monoisotopic (exact) mass is 372 g/mol. The maximum Gasteiger partial charge on any atom is 0.143 e. The number of pyridine rings is 1. The molecule has 1 aromatic carbocycles. The third kappa shape index (κ3) is 2.80. The molecule has 104 valence electrons. The first kappa shape index (κ1) is 14.2. The van der Waals surface area contributed by atoms with Crippen molar-refractivity contribution in [2.75, 3.05) is 11.1 Å². The predicted molar refractivity (Wildman–Crippen MR) is 85.1 cm³/mol. The fraction of sp³-hybridized carbons (Fsp3) is 0.214. The van der Waals surface area contributed by atoms with E-state index in [-0.39, 0.29) is 11.9 Å². The fourth-order valence-electron chi connectivity index (χ4n) is 2.24. The first-order valence-electron chi connectivity index (χ1n) is 6.14. The average molecular weight is 374 g/mol. The van der Waals surface area contributed by atoms with Gasteiger partial charge in [0.15, 0.2) is 0 Å². The Balaban J connectivity index is 1.89. The Morgan fingerprint density at radius 1 is 1.45 bits per heavy atom. The molecule has 2 heterocycles. The van der Waals surface area contributed by atoms with E-state index in [4.69, 9.17) is 11.6 Å². The molecular weight excluding hydrogens is 363 g/mol. The highest BCUT2D eigenvalue weighted by Gasteiger charge is 2.23. The van der Waals surface area contributed by atoms with Crippen molar-refractivity contribution in [3.05, 3.63) is 51.5 Å². The third-order valence-electron chi connectivity index (χ3n) is 3.16. The Hall–Kier alpha value is -0.780. The molecule has 0 aliphatic carbocycles. The van der Waals surface area contributed by atoms with Crippen molar-refractivity contribution in [1.29, 1.82) is 0 Å². The molecule has 3 rings (SSSR count). The van der Waals surface area contributed by atoms with Crippen LogP contribution in [0.1, 0.15) is 18.0 Å². The average Bonchev–Trinajstić information content (AvgIpc) is 2.44. The van der Waals surface area contributed by atoms with Crippen molar-refractivity contribution in [2.45, 2.75) is 17.4 Å². The molecule has 2 nitrogen and oxygen atoms in total. The van der Waals surface area contributed by atoms with Crippen LogP contribution >= 0.6 is 39.3 Å². The zero-order chi connectivity index (χ0) is 14.1. The summed E-state index contributed by atoms with van der Waals surface area (Å²) in [5.74, 6) is 0.753. The molecule has 2 aromatic rings. The Morgan fingerprint density at radius 3 is 3.10 bits per heavy atom. The lowest BCUT2D eigenvalue weighted by molar-refractivity contribution is 0.585. The number of nitrogens with zero attached hydrogens (tertiary/aromatic N) is 1. The standard InChI is InChI=1S/C14H11BrClFN2S/c15-10-6-8(7-18-14(10)16)19-12-4-5-20-13-9(12)2-1-3-11(13)17/h1-3,6-7,12,19H,4-5H2. The molecule has 6 heteroatoms. The van der Waals surface area contributed by atoms with Gasteiger partial charge in [0.05, 0.1) is 22.4 Å². The summed E-state index contributed by atoms with van der Waals surface area (Å²) in [5, 5.41) is 3.83. The van der Waals surface area contributed by atoms with Gasteiger partial charge in [-0.3, -0.25) is 0 Å². The van der Waals surface area contributed by atoms with Crippen LogP contribution in [0, 0.1) is 5.82 Å². The van der Waals surface area contributed by atoms with Crippen molar-refractivity contribution in [2.24, 2.45) is 0 Å². The molecule has 0 saturated heterocycles. The highest BCUT2D eigenvalue weighted by atomic mass is 79.9. The maximum absolute atomic E-state index is 13.8. The van der Waals surface area contributed by atoms with E-state index in [9.17, 15) is 4.39 Å². The largest absolute Gasteiger partial charge is 0.377 e. The lowest BCUT2D eigenvalue weighted by atomic mass is 10.0. The molecule has 0 fully saturated rings. The number of nitrogens with one attached hydrogen (secondary N) is 1. The highest BCUT2D eigenvalue weighted by Crippen LogP contribution is 2.39. The number of hydrogen-bond acceptors (Lipinski definition) is 3. The number of fused-ring (bicyclic) bond motifs is 1. The van der Waals surface area contributed by atoms with Crippen molar-refractivity contribution < 1.29 is 4.39 Å². The summed E-state index contributed by atoms with van der Waals surface area (Å²) in [6, 6.07) is 7.22. The second-order valence-corrected chi connectivity index (χ2v) is 6.81. The second kappa shape index (κ2) is 5.92. The number of benzene rings is 1. The van der Waals surface area contributed by atoms with Crippen molar-refractivity contribution >= 4 is 45.0 Å². The summed E-state index contributed by atoms with van der Waals surface area (Å²) in [6.45, 7) is 0. The van der Waals surface area contributed by atoms with Crippen LogP contribution in [0.25, 0.3) is 0 Å². The molecule has 20 heavy (non-hydrogen) atoms. The van der Waals surface area contributed by atoms with Gasteiger partial charge in [-0.1, -0.05) is 23.7 Å². The molecule has 1 aliphatic heterocycles. The molecule has 1 atom stereocenters. The third-order valence-corrected chi connectivity index (χ3v) is 5.46. The van der Waals surface area contributed by atoms with E-state index in [1.54, 1.807) is 24.0 Å². The molecule has 0 radical (unpaired) electrons. The van der Waals surface area contributed by atoms with Crippen LogP contribution in [0.2, 0.25) is 5.15 Å². The van der Waals surface area contributed by atoms with Crippen LogP contribution < -0.4 is 5.32 Å². The zero-order valence-electron chi connectivity index (χ0n) is 10.4. The van der Waals surface area contributed by atoms with Crippen LogP contribution in [0.15, 0.2) is 39.8 Å². The molecule has 0 saturated carbocycles.